The number of hydroxylamine groups is 3. The first-order valence-electron chi connectivity index (χ1n) is 41.9. The number of carbonyl (C=O) groups excluding carboxylic acids is 3. The van der Waals surface area contributed by atoms with Crippen molar-refractivity contribution in [2.45, 2.75) is 135 Å². The molecule has 8 aromatic carbocycles. The maximum atomic E-state index is 13.0. The van der Waals surface area contributed by atoms with Crippen LogP contribution in [-0.4, -0.2) is 153 Å². The highest BCUT2D eigenvalue weighted by Crippen LogP contribution is 2.61. The monoisotopic (exact) mass is 1990 g/mol. The summed E-state index contributed by atoms with van der Waals surface area (Å²) in [6.45, 7) is 42.0. The molecule has 4 N–H and O–H groups in total. The zero-order valence-electron chi connectivity index (χ0n) is 72.1. The summed E-state index contributed by atoms with van der Waals surface area (Å²) in [6, 6.07) is 56.6. The summed E-state index contributed by atoms with van der Waals surface area (Å²) < 4.78 is 37.6. The highest BCUT2D eigenvalue weighted by Gasteiger charge is 2.63. The average molecular weight is 2000 g/mol. The van der Waals surface area contributed by atoms with Crippen LogP contribution in [0.4, 0.5) is 17.1 Å². The van der Waals surface area contributed by atoms with Crippen molar-refractivity contribution in [2.24, 2.45) is 46.7 Å². The van der Waals surface area contributed by atoms with Crippen LogP contribution in [0, 0.1) is 52.8 Å². The Labute approximate surface area is 777 Å². The molecule has 654 valence electrons. The first-order chi connectivity index (χ1) is 59.6. The van der Waals surface area contributed by atoms with Gasteiger partial charge in [-0.05, 0) is 245 Å². The fourth-order valence-electron chi connectivity index (χ4n) is 17.4. The van der Waals surface area contributed by atoms with Gasteiger partial charge in [0.25, 0.3) is 0 Å². The normalized spacial score (nSPS) is 18.9. The fraction of sp³-hybridized carbons (Fsp3) is 0.402. The van der Waals surface area contributed by atoms with Gasteiger partial charge >= 0.3 is 0 Å². The van der Waals surface area contributed by atoms with E-state index in [4.69, 9.17) is 64.2 Å². The molecule has 5 aliphatic heterocycles. The maximum Gasteiger partial charge on any atom is 0.220 e. The summed E-state index contributed by atoms with van der Waals surface area (Å²) >= 11 is 13.2. The topological polar surface area (TPSA) is 254 Å². The van der Waals surface area contributed by atoms with Crippen LogP contribution in [-0.2, 0) is 66.4 Å². The number of hydrogen-bond donors (Lipinski definition) is 3. The number of ether oxygens (including phenoxy) is 5. The van der Waals surface area contributed by atoms with Gasteiger partial charge in [0.05, 0.1) is 44.7 Å². The lowest BCUT2D eigenvalue weighted by molar-refractivity contribution is -0.236. The molecule has 21 nitrogen and oxygen atoms in total. The highest BCUT2D eigenvalue weighted by molar-refractivity contribution is 9.11. The van der Waals surface area contributed by atoms with E-state index in [1.54, 1.807) is 16.6 Å². The van der Waals surface area contributed by atoms with E-state index in [1.165, 1.54) is 29.3 Å². The minimum atomic E-state index is -1.31. The molecule has 28 heteroatoms. The molecule has 125 heavy (non-hydrogen) atoms. The number of alkyl halides is 2. The number of carbonyl (C=O) groups is 3. The van der Waals surface area contributed by atoms with Crippen LogP contribution in [0.15, 0.2) is 192 Å². The van der Waals surface area contributed by atoms with Crippen LogP contribution in [0.3, 0.4) is 0 Å². The maximum absolute atomic E-state index is 13.0. The summed E-state index contributed by atoms with van der Waals surface area (Å²) in [5.41, 5.74) is 26.3. The number of benzene rings is 8. The van der Waals surface area contributed by atoms with E-state index in [0.29, 0.717) is 61.7 Å². The van der Waals surface area contributed by atoms with Crippen LogP contribution in [0.2, 0.25) is 39.3 Å². The number of fused-ring (bicyclic) bond motifs is 7. The molecule has 5 aliphatic carbocycles. The van der Waals surface area contributed by atoms with Gasteiger partial charge in [0, 0.05) is 142 Å². The van der Waals surface area contributed by atoms with Gasteiger partial charge in [-0.15, -0.1) is 12.4 Å². The number of ketones is 3. The summed E-state index contributed by atoms with van der Waals surface area (Å²) in [5.74, 6) is 1.28. The van der Waals surface area contributed by atoms with Crippen molar-refractivity contribution in [2.75, 3.05) is 90.8 Å². The van der Waals surface area contributed by atoms with Crippen molar-refractivity contribution < 1.29 is 48.1 Å². The summed E-state index contributed by atoms with van der Waals surface area (Å²) in [6.07, 6.45) is 14.2. The molecule has 18 rings (SSSR count). The minimum Gasteiger partial charge on any atom is -0.381 e. The highest BCUT2D eigenvalue weighted by atomic mass is 79.9. The largest absolute Gasteiger partial charge is 0.381 e. The smallest absolute Gasteiger partial charge is 0.220 e. The van der Waals surface area contributed by atoms with Crippen LogP contribution in [0.5, 0.6) is 0 Å². The molecule has 5 heterocycles. The molecule has 0 radical (unpaired) electrons. The third-order valence-corrected chi connectivity index (χ3v) is 26.9. The van der Waals surface area contributed by atoms with Crippen LogP contribution >= 0.6 is 76.1 Å². The number of rotatable bonds is 9. The molecular formula is C97H108Br4ClN11O10Si2. The predicted octanol–water partition coefficient (Wildman–Crippen LogP) is 22.8. The van der Waals surface area contributed by atoms with Gasteiger partial charge in [-0.25, -0.2) is 34.9 Å². The number of guanidine groups is 1. The lowest BCUT2D eigenvalue weighted by atomic mass is 9.72. The van der Waals surface area contributed by atoms with Crippen molar-refractivity contribution in [3.05, 3.63) is 263 Å². The molecule has 8 aromatic rings. The third-order valence-electron chi connectivity index (χ3n) is 23.8. The first-order valence-corrected chi connectivity index (χ1v) is 52.6. The van der Waals surface area contributed by atoms with E-state index < -0.39 is 22.2 Å². The SMILES string of the molecule is BrCCOCCBr.CNO.C[Si](C)(C)N=C=N[Si](C)(C)C.Cl.O=C1CCc2ccc(Br)cc21.O=C1c2cc(Br)ccc2CC12CCOCC2.[C-]#[N+]c1cccc(-c2ccc3c(c2)C(=NC#N)C2(CCOCC2)C3)c1.[C-]#[N+]c1cccc(-c2ccc3c(c2)C(=O)C2(CCOCC2)C3)c1.[C-]#[N+]c1cccc(-c2ccc3c(c2)C2(N=C(N)N(C)O2)C2(CCOCC2)C3)c1. The average Bonchev–Trinajstić information content (AvgIpc) is 1.54. The number of nitrogens with zero attached hydrogens (tertiary/aromatic N) is 9. The van der Waals surface area contributed by atoms with Gasteiger partial charge in [0.2, 0.25) is 17.9 Å². The standard InChI is InChI=1S/C22H22N4O2.C21H17N3O.C20H17NO2.C13H13BrO2.C9H7BrO.C7H18N2Si2.C4H8Br2O.CH5NO.ClH/c1-24-18-5-3-4-15(12-18)16-6-7-17-14-21(8-10-27-11-9-21)22(19(17)13-16)25-20(23)26(2)28-22;1-23-18-4-2-3-15(11-18)16-5-6-17-13-21(7-9-25-10-8-21)20(24-14-22)19(17)12-16;1-21-17-4-2-3-14(11-17)15-5-6-16-13-20(7-9-23-10-8-20)19(22)18(16)12-15;14-10-2-1-9-8-13(3-5-16-6-4-13)12(15)11(9)7-10;10-7-3-1-6-2-4-9(11)8(6)5-7;1-10(2,3)8-7-9-11(4,5)6;5-1-3-7-4-2-6;1-2-3;/h3-7,12-13H,8-11,14H2,2H3,(H2,23,25);2-6,11-12H,7-10,13H2;2-6,11-12H,7-10,13H2;1-2,7H,3-6,8H2;1,3,5H,2,4H2;1-6H3;1-4H2;2-3H,1H3;1H. The Hall–Kier alpha value is -8.63. The Kier molecular flexibility index (Phi) is 35.4. The van der Waals surface area contributed by atoms with Crippen LogP contribution in [0.1, 0.15) is 128 Å². The van der Waals surface area contributed by atoms with E-state index in [2.05, 4.69) is 192 Å². The fourth-order valence-corrected chi connectivity index (χ4v) is 19.4. The van der Waals surface area contributed by atoms with Gasteiger partial charge in [-0.1, -0.05) is 167 Å². The van der Waals surface area contributed by atoms with Gasteiger partial charge in [-0.3, -0.25) is 23.7 Å². The van der Waals surface area contributed by atoms with Crippen molar-refractivity contribution >= 4 is 145 Å². The van der Waals surface area contributed by atoms with E-state index >= 15 is 0 Å². The zero-order valence-corrected chi connectivity index (χ0v) is 81.3. The molecule has 0 amide bonds. The molecule has 5 spiro atoms. The second kappa shape index (κ2) is 44.9. The van der Waals surface area contributed by atoms with Gasteiger partial charge in [0.1, 0.15) is 0 Å². The summed E-state index contributed by atoms with van der Waals surface area (Å²) in [4.78, 5) is 62.7. The number of hydrogen-bond acceptors (Lipinski definition) is 18. The molecule has 4 fully saturated rings. The van der Waals surface area contributed by atoms with E-state index in [1.807, 2.05) is 116 Å². The molecule has 10 aliphatic rings. The van der Waals surface area contributed by atoms with E-state index in [9.17, 15) is 19.6 Å². The van der Waals surface area contributed by atoms with E-state index in [0.717, 1.165) is 215 Å². The Morgan fingerprint density at radius 2 is 0.912 bits per heavy atom. The third kappa shape index (κ3) is 24.2. The first kappa shape index (κ1) is 98.5. The lowest BCUT2D eigenvalue weighted by Gasteiger charge is -2.43. The van der Waals surface area contributed by atoms with Gasteiger partial charge in [0.15, 0.2) is 50.9 Å². The molecule has 0 aromatic heterocycles. The molecule has 1 unspecified atom stereocenters. The Morgan fingerprint density at radius 3 is 1.34 bits per heavy atom. The second-order valence-electron chi connectivity index (χ2n) is 34.2. The number of nitrogens with two attached hydrogens (primary N) is 1. The Bertz CT molecular complexity index is 5480. The predicted molar refractivity (Wildman–Crippen MR) is 516 cm³/mol. The Balaban J connectivity index is 0.000000157. The molecule has 4 saturated heterocycles. The van der Waals surface area contributed by atoms with Gasteiger partial charge < -0.3 is 34.6 Å². The van der Waals surface area contributed by atoms with Crippen molar-refractivity contribution in [1.29, 1.82) is 5.26 Å². The van der Waals surface area contributed by atoms with Crippen molar-refractivity contribution in [3.8, 4) is 39.6 Å². The van der Waals surface area contributed by atoms with E-state index in [-0.39, 0.29) is 45.6 Å². The Morgan fingerprint density at radius 1 is 0.528 bits per heavy atom. The number of halogens is 5. The summed E-state index contributed by atoms with van der Waals surface area (Å²) in [7, 11) is 0.609. The number of Topliss-reactive ketones (excluding diaryl/α,β-unsaturated/α-hetero) is 3. The lowest BCUT2D eigenvalue weighted by Crippen LogP contribution is -2.46. The number of nitrogens with one attached hydrogen (secondary N) is 1. The quantitative estimate of drug-likeness (QED) is 0.0231. The minimum absolute atomic E-state index is 0. The molecule has 0 bridgehead atoms. The molecule has 1 atom stereocenters. The number of aryl methyl sites for hydroxylation is 1. The molecule has 0 saturated carbocycles. The zero-order chi connectivity index (χ0) is 88.9. The second-order valence-corrected chi connectivity index (χ2v) is 46.8. The number of aliphatic imine (C=N–C) groups is 2. The van der Waals surface area contributed by atoms with Gasteiger partial charge in [-0.2, -0.15) is 10.3 Å². The summed E-state index contributed by atoms with van der Waals surface area (Å²) in [5, 5.41) is 20.0. The van der Waals surface area contributed by atoms with Crippen LogP contribution in [0.25, 0.3) is 47.9 Å². The van der Waals surface area contributed by atoms with Crippen molar-refractivity contribution in [1.82, 2.24) is 10.5 Å². The van der Waals surface area contributed by atoms with Crippen molar-refractivity contribution in [3.63, 3.8) is 0 Å². The molecular weight excluding hydrogens is 1890 g/mol. The number of nitriles is 1. The van der Waals surface area contributed by atoms with Crippen LogP contribution < -0.4 is 11.2 Å².